The van der Waals surface area contributed by atoms with E-state index in [1.54, 1.807) is 0 Å². The van der Waals surface area contributed by atoms with Gasteiger partial charge in [0.1, 0.15) is 22.3 Å². The Kier molecular flexibility index (Phi) is 7.54. The van der Waals surface area contributed by atoms with Crippen LogP contribution >= 0.6 is 0 Å². The van der Waals surface area contributed by atoms with Gasteiger partial charge >= 0.3 is 0 Å². The number of furan rings is 2. The van der Waals surface area contributed by atoms with Gasteiger partial charge in [0.15, 0.2) is 0 Å². The van der Waals surface area contributed by atoms with Crippen molar-refractivity contribution in [1.82, 2.24) is 0 Å². The maximum Gasteiger partial charge on any atom is 0.143 e. The van der Waals surface area contributed by atoms with E-state index in [4.69, 9.17) is 8.83 Å². The molecule has 3 heteroatoms. The van der Waals surface area contributed by atoms with Crippen molar-refractivity contribution in [2.45, 2.75) is 0 Å². The van der Waals surface area contributed by atoms with Crippen LogP contribution in [0, 0.1) is 0 Å². The summed E-state index contributed by atoms with van der Waals surface area (Å²) in [4.78, 5) is 2.43. The molecule has 0 radical (unpaired) electrons. The van der Waals surface area contributed by atoms with Crippen molar-refractivity contribution in [2.24, 2.45) is 0 Å². The number of hydrogen-bond donors (Lipinski definition) is 0. The Bertz CT molecular complexity index is 3560. The molecule has 0 atom stereocenters. The van der Waals surface area contributed by atoms with Crippen LogP contribution in [0.4, 0.5) is 17.1 Å². The largest absolute Gasteiger partial charge is 0.456 e. The Hall–Kier alpha value is -7.88. The van der Waals surface area contributed by atoms with E-state index in [9.17, 15) is 0 Å². The zero-order chi connectivity index (χ0) is 38.9. The number of nitrogens with zero attached hydrogens (tertiary/aromatic N) is 1. The average Bonchev–Trinajstić information content (AvgIpc) is 3.88. The number of para-hydroxylation sites is 3. The molecule has 0 fully saturated rings. The lowest BCUT2D eigenvalue weighted by atomic mass is 9.89. The van der Waals surface area contributed by atoms with Crippen molar-refractivity contribution in [3.63, 3.8) is 0 Å². The monoisotopic (exact) mass is 753 g/mol. The zero-order valence-electron chi connectivity index (χ0n) is 32.0. The van der Waals surface area contributed by atoms with Gasteiger partial charge in [-0.05, 0) is 80.9 Å². The summed E-state index contributed by atoms with van der Waals surface area (Å²) < 4.78 is 13.1. The molecule has 0 spiro atoms. The third-order valence-corrected chi connectivity index (χ3v) is 11.8. The third kappa shape index (κ3) is 5.36. The van der Waals surface area contributed by atoms with Crippen LogP contribution in [0.1, 0.15) is 0 Å². The van der Waals surface area contributed by atoms with Gasteiger partial charge in [0.05, 0.1) is 5.69 Å². The summed E-state index contributed by atoms with van der Waals surface area (Å²) in [5, 5.41) is 9.21. The highest BCUT2D eigenvalue weighted by molar-refractivity contribution is 6.23. The molecule has 0 aliphatic heterocycles. The molecule has 0 amide bonds. The lowest BCUT2D eigenvalue weighted by Crippen LogP contribution is -2.12. The van der Waals surface area contributed by atoms with E-state index in [0.717, 1.165) is 88.6 Å². The number of hydrogen-bond acceptors (Lipinski definition) is 3. The van der Waals surface area contributed by atoms with Crippen molar-refractivity contribution in [3.05, 3.63) is 212 Å². The highest BCUT2D eigenvalue weighted by Gasteiger charge is 2.25. The van der Waals surface area contributed by atoms with Crippen LogP contribution in [-0.4, -0.2) is 0 Å². The summed E-state index contributed by atoms with van der Waals surface area (Å²) in [5.41, 5.74) is 13.5. The Morgan fingerprint density at radius 2 is 0.831 bits per heavy atom. The molecular weight excluding hydrogens is 719 g/mol. The topological polar surface area (TPSA) is 29.5 Å². The molecule has 12 rings (SSSR count). The highest BCUT2D eigenvalue weighted by Crippen LogP contribution is 2.50. The summed E-state index contributed by atoms with van der Waals surface area (Å²) >= 11 is 0. The van der Waals surface area contributed by atoms with Gasteiger partial charge in [-0.25, -0.2) is 0 Å². The van der Waals surface area contributed by atoms with Crippen molar-refractivity contribution in [3.8, 4) is 33.4 Å². The molecule has 0 unspecified atom stereocenters. The van der Waals surface area contributed by atoms with Crippen molar-refractivity contribution in [2.75, 3.05) is 4.90 Å². The highest BCUT2D eigenvalue weighted by atomic mass is 16.3. The van der Waals surface area contributed by atoms with Crippen LogP contribution in [0.15, 0.2) is 221 Å². The minimum absolute atomic E-state index is 0.847. The number of rotatable bonds is 6. The van der Waals surface area contributed by atoms with E-state index >= 15 is 0 Å². The second kappa shape index (κ2) is 13.4. The third-order valence-electron chi connectivity index (χ3n) is 11.8. The molecular formula is C56H35NO2. The van der Waals surface area contributed by atoms with E-state index < -0.39 is 0 Å². The van der Waals surface area contributed by atoms with Gasteiger partial charge in [0.25, 0.3) is 0 Å². The van der Waals surface area contributed by atoms with Crippen LogP contribution < -0.4 is 4.90 Å². The van der Waals surface area contributed by atoms with Gasteiger partial charge in [0.2, 0.25) is 0 Å². The van der Waals surface area contributed by atoms with Crippen LogP contribution in [0.3, 0.4) is 0 Å². The van der Waals surface area contributed by atoms with Crippen LogP contribution in [0.25, 0.3) is 98.8 Å². The first-order chi connectivity index (χ1) is 29.3. The fourth-order valence-corrected chi connectivity index (χ4v) is 9.16. The predicted molar refractivity (Wildman–Crippen MR) is 247 cm³/mol. The first-order valence-corrected chi connectivity index (χ1v) is 20.1. The fourth-order valence-electron chi connectivity index (χ4n) is 9.16. The Labute approximate surface area is 340 Å². The van der Waals surface area contributed by atoms with Crippen LogP contribution in [-0.2, 0) is 0 Å². The molecule has 10 aromatic carbocycles. The van der Waals surface area contributed by atoms with Crippen molar-refractivity contribution >= 4 is 82.5 Å². The predicted octanol–water partition coefficient (Wildman–Crippen LogP) is 16.3. The minimum atomic E-state index is 0.847. The maximum atomic E-state index is 6.56. The number of anilines is 3. The second-order valence-electron chi connectivity index (χ2n) is 15.2. The van der Waals surface area contributed by atoms with Gasteiger partial charge in [-0.15, -0.1) is 0 Å². The number of benzene rings is 10. The van der Waals surface area contributed by atoms with Crippen molar-refractivity contribution < 1.29 is 8.83 Å². The first kappa shape index (κ1) is 33.3. The lowest BCUT2D eigenvalue weighted by molar-refractivity contribution is 0.669. The van der Waals surface area contributed by atoms with Gasteiger partial charge in [0, 0.05) is 55.5 Å². The zero-order valence-corrected chi connectivity index (χ0v) is 32.0. The van der Waals surface area contributed by atoms with Crippen LogP contribution in [0.2, 0.25) is 0 Å². The summed E-state index contributed by atoms with van der Waals surface area (Å²) in [6.07, 6.45) is 0. The first-order valence-electron chi connectivity index (χ1n) is 20.1. The molecule has 0 N–H and O–H groups in total. The minimum Gasteiger partial charge on any atom is -0.456 e. The molecule has 0 saturated heterocycles. The molecule has 0 aliphatic carbocycles. The molecule has 12 aromatic rings. The molecule has 276 valence electrons. The van der Waals surface area contributed by atoms with E-state index in [1.165, 1.54) is 27.3 Å². The summed E-state index contributed by atoms with van der Waals surface area (Å²) in [6.45, 7) is 0. The Morgan fingerprint density at radius 3 is 1.61 bits per heavy atom. The maximum absolute atomic E-state index is 6.56. The van der Waals surface area contributed by atoms with E-state index in [-0.39, 0.29) is 0 Å². The molecule has 0 aliphatic rings. The molecule has 0 saturated carbocycles. The number of fused-ring (bicyclic) bond motifs is 9. The van der Waals surface area contributed by atoms with Crippen LogP contribution in [0.5, 0.6) is 0 Å². The smallest absolute Gasteiger partial charge is 0.143 e. The van der Waals surface area contributed by atoms with E-state index in [0.29, 0.717) is 0 Å². The van der Waals surface area contributed by atoms with Gasteiger partial charge < -0.3 is 13.7 Å². The summed E-state index contributed by atoms with van der Waals surface area (Å²) in [6, 6.07) is 75.8. The van der Waals surface area contributed by atoms with Gasteiger partial charge in [-0.1, -0.05) is 164 Å². The molecule has 2 heterocycles. The fraction of sp³-hybridized carbons (Fsp3) is 0. The molecule has 59 heavy (non-hydrogen) atoms. The van der Waals surface area contributed by atoms with Crippen molar-refractivity contribution in [1.29, 1.82) is 0 Å². The Balaban J connectivity index is 1.14. The molecule has 2 aromatic heterocycles. The standard InChI is InChI=1S/C56H35NO2/c1-2-14-36(15-3-1)38-16-12-17-39(34-38)54-48-22-6-4-18-43(48)44-19-5-7-23-49(44)55(54)57(41-32-33-47-45-20-8-10-26-51(45)58-53(47)35-41)40-30-28-37(29-31-40)42-24-13-25-50-46-21-9-11-27-52(46)59-56(42)50/h1-35H. The molecule has 3 nitrogen and oxygen atoms in total. The van der Waals surface area contributed by atoms with Gasteiger partial charge in [-0.3, -0.25) is 0 Å². The van der Waals surface area contributed by atoms with Gasteiger partial charge in [-0.2, -0.15) is 0 Å². The molecule has 0 bridgehead atoms. The SMILES string of the molecule is c1ccc(-c2cccc(-c3c(N(c4ccc(-c5cccc6c5oc5ccccc56)cc4)c4ccc5c(c4)oc4ccccc45)c4ccccc4c4ccccc34)c2)cc1. The quantitative estimate of drug-likeness (QED) is 0.158. The van der Waals surface area contributed by atoms with E-state index in [2.05, 4.69) is 193 Å². The summed E-state index contributed by atoms with van der Waals surface area (Å²) in [5.74, 6) is 0. The lowest BCUT2D eigenvalue weighted by Gasteiger charge is -2.31. The second-order valence-corrected chi connectivity index (χ2v) is 15.2. The average molecular weight is 754 g/mol. The van der Waals surface area contributed by atoms with E-state index in [1.807, 2.05) is 24.3 Å². The normalized spacial score (nSPS) is 11.7. The Morgan fingerprint density at radius 1 is 0.288 bits per heavy atom. The summed E-state index contributed by atoms with van der Waals surface area (Å²) in [7, 11) is 0.